The van der Waals surface area contributed by atoms with Gasteiger partial charge in [0.2, 0.25) is 0 Å². The van der Waals surface area contributed by atoms with Gasteiger partial charge in [-0.15, -0.1) is 0 Å². The first-order chi connectivity index (χ1) is 8.14. The van der Waals surface area contributed by atoms with Crippen molar-refractivity contribution < 1.29 is 18.7 Å². The summed E-state index contributed by atoms with van der Waals surface area (Å²) >= 11 is 0. The highest BCUT2D eigenvalue weighted by Gasteiger charge is 2.66. The second kappa shape index (κ2) is 4.15. The van der Waals surface area contributed by atoms with E-state index in [1.54, 1.807) is 6.92 Å². The van der Waals surface area contributed by atoms with Crippen molar-refractivity contribution in [1.82, 2.24) is 0 Å². The number of rotatable bonds is 3. The number of carbonyl (C=O) groups is 1. The molecule has 0 aliphatic carbocycles. The Labute approximate surface area is 97.6 Å². The van der Waals surface area contributed by atoms with E-state index in [0.717, 1.165) is 0 Å². The lowest BCUT2D eigenvalue weighted by Crippen LogP contribution is -2.26. The number of hydrogen-bond donors (Lipinski definition) is 0. The van der Waals surface area contributed by atoms with Crippen LogP contribution in [0.25, 0.3) is 0 Å². The highest BCUT2D eigenvalue weighted by atomic mass is 19.1. The molecule has 0 bridgehead atoms. The van der Waals surface area contributed by atoms with Crippen molar-refractivity contribution in [1.29, 1.82) is 5.26 Å². The van der Waals surface area contributed by atoms with E-state index in [4.69, 9.17) is 14.7 Å². The summed E-state index contributed by atoms with van der Waals surface area (Å²) in [6.07, 6.45) is -0.674. The molecule has 0 spiro atoms. The first-order valence-corrected chi connectivity index (χ1v) is 5.16. The summed E-state index contributed by atoms with van der Waals surface area (Å²) in [5, 5.41) is 8.99. The molecule has 1 heterocycles. The fourth-order valence-corrected chi connectivity index (χ4v) is 1.62. The average molecular weight is 235 g/mol. The summed E-state index contributed by atoms with van der Waals surface area (Å²) in [5.41, 5.74) is -0.977. The van der Waals surface area contributed by atoms with E-state index >= 15 is 0 Å². The molecule has 0 N–H and O–H groups in total. The molecule has 1 aliphatic heterocycles. The molecule has 88 valence electrons. The van der Waals surface area contributed by atoms with Crippen molar-refractivity contribution in [3.05, 3.63) is 35.6 Å². The van der Waals surface area contributed by atoms with E-state index in [1.165, 1.54) is 24.3 Å². The van der Waals surface area contributed by atoms with Crippen molar-refractivity contribution in [2.24, 2.45) is 0 Å². The van der Waals surface area contributed by atoms with E-state index in [2.05, 4.69) is 0 Å². The van der Waals surface area contributed by atoms with Crippen molar-refractivity contribution in [3.63, 3.8) is 0 Å². The van der Waals surface area contributed by atoms with Crippen LogP contribution in [0.4, 0.5) is 4.39 Å². The molecular weight excluding hydrogens is 225 g/mol. The third kappa shape index (κ3) is 1.87. The second-order valence-electron chi connectivity index (χ2n) is 3.62. The number of nitrogens with zero attached hydrogens (tertiary/aromatic N) is 1. The number of ether oxygens (including phenoxy) is 2. The van der Waals surface area contributed by atoms with Gasteiger partial charge < -0.3 is 9.47 Å². The Morgan fingerprint density at radius 1 is 1.59 bits per heavy atom. The Morgan fingerprint density at radius 2 is 2.24 bits per heavy atom. The predicted molar refractivity (Wildman–Crippen MR) is 55.2 cm³/mol. The first kappa shape index (κ1) is 11.6. The van der Waals surface area contributed by atoms with Gasteiger partial charge in [-0.2, -0.15) is 5.26 Å². The highest BCUT2D eigenvalue weighted by Crippen LogP contribution is 2.50. The maximum absolute atomic E-state index is 12.7. The van der Waals surface area contributed by atoms with Gasteiger partial charge in [0.25, 0.3) is 5.60 Å². The molecule has 17 heavy (non-hydrogen) atoms. The fourth-order valence-electron chi connectivity index (χ4n) is 1.62. The monoisotopic (exact) mass is 235 g/mol. The maximum atomic E-state index is 12.7. The number of halogens is 1. The van der Waals surface area contributed by atoms with Gasteiger partial charge in [0.05, 0.1) is 6.61 Å². The number of epoxide rings is 1. The van der Waals surface area contributed by atoms with Gasteiger partial charge in [-0.1, -0.05) is 12.1 Å². The van der Waals surface area contributed by atoms with Gasteiger partial charge in [0.1, 0.15) is 18.0 Å². The quantitative estimate of drug-likeness (QED) is 0.591. The minimum Gasteiger partial charge on any atom is -0.463 e. The largest absolute Gasteiger partial charge is 0.463 e. The topological polar surface area (TPSA) is 62.6 Å². The van der Waals surface area contributed by atoms with Gasteiger partial charge >= 0.3 is 5.97 Å². The summed E-state index contributed by atoms with van der Waals surface area (Å²) in [6.45, 7) is 1.83. The average Bonchev–Trinajstić information content (AvgIpc) is 3.06. The van der Waals surface area contributed by atoms with Gasteiger partial charge in [-0.25, -0.2) is 9.18 Å². The summed E-state index contributed by atoms with van der Waals surface area (Å²) in [4.78, 5) is 11.6. The molecule has 2 rings (SSSR count). The van der Waals surface area contributed by atoms with Crippen LogP contribution in [0.3, 0.4) is 0 Å². The molecule has 5 heteroatoms. The lowest BCUT2D eigenvalue weighted by molar-refractivity contribution is -0.147. The minimum absolute atomic E-state index is 0.182. The standard InChI is InChI=1S/C12H10FNO3/c1-2-16-11(15)12(7-14)10(17-12)8-3-5-9(13)6-4-8/h3-6,10H,2H2,1H3. The van der Waals surface area contributed by atoms with Gasteiger partial charge in [-0.3, -0.25) is 0 Å². The summed E-state index contributed by atoms with van der Waals surface area (Å²) in [7, 11) is 0. The maximum Gasteiger partial charge on any atom is 0.356 e. The number of benzene rings is 1. The molecule has 1 aromatic carbocycles. The molecule has 2 atom stereocenters. The molecule has 0 radical (unpaired) electrons. The number of esters is 1. The number of carbonyl (C=O) groups excluding carboxylic acids is 1. The zero-order chi connectivity index (χ0) is 12.5. The van der Waals surface area contributed by atoms with Gasteiger partial charge in [0, 0.05) is 0 Å². The van der Waals surface area contributed by atoms with Crippen molar-refractivity contribution in [2.75, 3.05) is 6.61 Å². The predicted octanol–water partition coefficient (Wildman–Crippen LogP) is 1.72. The molecule has 4 nitrogen and oxygen atoms in total. The van der Waals surface area contributed by atoms with Crippen LogP contribution in [0.2, 0.25) is 0 Å². The SMILES string of the molecule is CCOC(=O)C1(C#N)OC1c1ccc(F)cc1. The van der Waals surface area contributed by atoms with Crippen LogP contribution >= 0.6 is 0 Å². The smallest absolute Gasteiger partial charge is 0.356 e. The third-order valence-corrected chi connectivity index (χ3v) is 2.53. The molecule has 1 saturated heterocycles. The second-order valence-corrected chi connectivity index (χ2v) is 3.62. The summed E-state index contributed by atoms with van der Waals surface area (Å²) in [5.74, 6) is -1.08. The lowest BCUT2D eigenvalue weighted by Gasteiger charge is -2.03. The lowest BCUT2D eigenvalue weighted by atomic mass is 10.0. The highest BCUT2D eigenvalue weighted by molar-refractivity contribution is 5.87. The summed E-state index contributed by atoms with van der Waals surface area (Å²) < 4.78 is 22.6. The Kier molecular flexibility index (Phi) is 2.82. The van der Waals surface area contributed by atoms with Gasteiger partial charge in [0.15, 0.2) is 0 Å². The van der Waals surface area contributed by atoms with E-state index in [9.17, 15) is 9.18 Å². The number of hydrogen-bond acceptors (Lipinski definition) is 4. The van der Waals surface area contributed by atoms with Gasteiger partial charge in [-0.05, 0) is 24.6 Å². The van der Waals surface area contributed by atoms with E-state index in [-0.39, 0.29) is 12.4 Å². The number of nitriles is 1. The minimum atomic E-state index is -1.56. The summed E-state index contributed by atoms with van der Waals surface area (Å²) in [6, 6.07) is 7.29. The Morgan fingerprint density at radius 3 is 2.76 bits per heavy atom. The van der Waals surface area contributed by atoms with Crippen LogP contribution in [0, 0.1) is 17.1 Å². The molecule has 0 amide bonds. The van der Waals surface area contributed by atoms with Crippen LogP contribution in [0.5, 0.6) is 0 Å². The fraction of sp³-hybridized carbons (Fsp3) is 0.333. The first-order valence-electron chi connectivity index (χ1n) is 5.16. The molecule has 0 saturated carbocycles. The van der Waals surface area contributed by atoms with Crippen molar-refractivity contribution in [3.8, 4) is 6.07 Å². The van der Waals surface area contributed by atoms with Crippen LogP contribution in [0.15, 0.2) is 24.3 Å². The van der Waals surface area contributed by atoms with E-state index < -0.39 is 17.7 Å². The molecular formula is C12H10FNO3. The van der Waals surface area contributed by atoms with E-state index in [0.29, 0.717) is 5.56 Å². The van der Waals surface area contributed by atoms with Crippen LogP contribution in [0.1, 0.15) is 18.6 Å². The zero-order valence-corrected chi connectivity index (χ0v) is 9.14. The molecule has 1 aliphatic rings. The Hall–Kier alpha value is -1.93. The Bertz CT molecular complexity index is 480. The van der Waals surface area contributed by atoms with Crippen LogP contribution in [-0.2, 0) is 14.3 Å². The molecule has 1 fully saturated rings. The van der Waals surface area contributed by atoms with Crippen molar-refractivity contribution in [2.45, 2.75) is 18.6 Å². The third-order valence-electron chi connectivity index (χ3n) is 2.53. The molecule has 1 aromatic rings. The molecule has 2 unspecified atom stereocenters. The van der Waals surface area contributed by atoms with Crippen LogP contribution < -0.4 is 0 Å². The van der Waals surface area contributed by atoms with E-state index in [1.807, 2.05) is 6.07 Å². The molecule has 0 aromatic heterocycles. The Balaban J connectivity index is 2.19. The normalized spacial score (nSPS) is 26.1. The van der Waals surface area contributed by atoms with Crippen LogP contribution in [-0.4, -0.2) is 18.2 Å². The van der Waals surface area contributed by atoms with Crippen molar-refractivity contribution >= 4 is 5.97 Å². The zero-order valence-electron chi connectivity index (χ0n) is 9.14.